The lowest BCUT2D eigenvalue weighted by molar-refractivity contribution is 1.07. The largest absolute Gasteiger partial charge is 0.482 e. The van der Waals surface area contributed by atoms with Crippen molar-refractivity contribution in [2.75, 3.05) is 0 Å². The van der Waals surface area contributed by atoms with Crippen LogP contribution in [0, 0.1) is 5.41 Å². The maximum atomic E-state index is 7.00. The summed E-state index contributed by atoms with van der Waals surface area (Å²) in [6.07, 6.45) is 0. The van der Waals surface area contributed by atoms with Crippen LogP contribution in [0.3, 0.4) is 0 Å². The standard InChI is InChI=1S/C8H10N3/c9-5-6-1-3-7(4-2-6)8(10)11/h1-4H,5,9H2,(H2-,10,11)/q-1. The van der Waals surface area contributed by atoms with Gasteiger partial charge in [-0.2, -0.15) is 0 Å². The number of hydrogen-bond acceptors (Lipinski definition) is 2. The van der Waals surface area contributed by atoms with Crippen LogP contribution in [0.5, 0.6) is 0 Å². The second-order valence-electron chi connectivity index (χ2n) is 2.28. The molecule has 0 aliphatic rings. The van der Waals surface area contributed by atoms with Gasteiger partial charge in [0.1, 0.15) is 0 Å². The van der Waals surface area contributed by atoms with Crippen LogP contribution in [0.4, 0.5) is 0 Å². The van der Waals surface area contributed by atoms with Crippen molar-refractivity contribution < 1.29 is 0 Å². The Bertz CT molecular complexity index is 251. The predicted molar refractivity (Wildman–Crippen MR) is 45.5 cm³/mol. The smallest absolute Gasteiger partial charge is 0.0178 e. The summed E-state index contributed by atoms with van der Waals surface area (Å²) in [5.41, 5.74) is 14.0. The first kappa shape index (κ1) is 7.75. The lowest BCUT2D eigenvalue weighted by atomic mass is 10.1. The monoisotopic (exact) mass is 148 g/mol. The van der Waals surface area contributed by atoms with E-state index in [4.69, 9.17) is 16.9 Å². The normalized spacial score (nSPS) is 9.55. The molecule has 0 spiro atoms. The van der Waals surface area contributed by atoms with Crippen molar-refractivity contribution in [1.29, 1.82) is 5.41 Å². The van der Waals surface area contributed by atoms with Gasteiger partial charge in [0.05, 0.1) is 0 Å². The molecule has 0 aromatic heterocycles. The molecule has 0 saturated carbocycles. The number of nitrogens with one attached hydrogen (secondary N) is 2. The van der Waals surface area contributed by atoms with E-state index >= 15 is 0 Å². The quantitative estimate of drug-likeness (QED) is 0.484. The zero-order valence-electron chi connectivity index (χ0n) is 6.09. The van der Waals surface area contributed by atoms with Crippen molar-refractivity contribution in [3.8, 4) is 0 Å². The molecule has 0 heterocycles. The summed E-state index contributed by atoms with van der Waals surface area (Å²) < 4.78 is 0. The summed E-state index contributed by atoms with van der Waals surface area (Å²) in [4.78, 5) is 0. The van der Waals surface area contributed by atoms with E-state index < -0.39 is 0 Å². The molecule has 58 valence electrons. The van der Waals surface area contributed by atoms with Gasteiger partial charge in [-0.1, -0.05) is 30.1 Å². The summed E-state index contributed by atoms with van der Waals surface area (Å²) in [5, 5.41) is 7.00. The van der Waals surface area contributed by atoms with Crippen LogP contribution in [0.1, 0.15) is 11.1 Å². The van der Waals surface area contributed by atoms with Gasteiger partial charge in [0.2, 0.25) is 0 Å². The number of nitrogens with two attached hydrogens (primary N) is 1. The van der Waals surface area contributed by atoms with Crippen LogP contribution in [-0.4, -0.2) is 5.84 Å². The summed E-state index contributed by atoms with van der Waals surface area (Å²) in [6, 6.07) is 7.13. The van der Waals surface area contributed by atoms with Crippen molar-refractivity contribution >= 4 is 5.84 Å². The Morgan fingerprint density at radius 2 is 1.91 bits per heavy atom. The van der Waals surface area contributed by atoms with Gasteiger partial charge in [0.25, 0.3) is 0 Å². The molecule has 11 heavy (non-hydrogen) atoms. The van der Waals surface area contributed by atoms with Crippen molar-refractivity contribution in [2.24, 2.45) is 5.73 Å². The molecule has 0 saturated heterocycles. The van der Waals surface area contributed by atoms with Gasteiger partial charge in [-0.15, -0.1) is 0 Å². The molecular weight excluding hydrogens is 138 g/mol. The van der Waals surface area contributed by atoms with E-state index in [-0.39, 0.29) is 5.84 Å². The molecule has 1 aromatic carbocycles. The average molecular weight is 148 g/mol. The number of benzene rings is 1. The lowest BCUT2D eigenvalue weighted by Crippen LogP contribution is -1.97. The van der Waals surface area contributed by atoms with Crippen LogP contribution in [-0.2, 0) is 6.54 Å². The molecular formula is C8H10N3-. The molecule has 0 fully saturated rings. The van der Waals surface area contributed by atoms with E-state index in [2.05, 4.69) is 0 Å². The third kappa shape index (κ3) is 1.78. The molecule has 0 aliphatic carbocycles. The van der Waals surface area contributed by atoms with Crippen LogP contribution >= 0.6 is 0 Å². The highest BCUT2D eigenvalue weighted by molar-refractivity contribution is 6.02. The molecule has 1 rings (SSSR count). The molecule has 0 radical (unpaired) electrons. The van der Waals surface area contributed by atoms with Crippen molar-refractivity contribution in [3.05, 3.63) is 41.1 Å². The predicted octanol–water partition coefficient (Wildman–Crippen LogP) is 1.52. The minimum Gasteiger partial charge on any atom is -0.482 e. The number of hydrogen-bond donors (Lipinski definition) is 2. The van der Waals surface area contributed by atoms with E-state index in [9.17, 15) is 0 Å². The Balaban J connectivity index is 2.91. The van der Waals surface area contributed by atoms with Crippen LogP contribution in [0.15, 0.2) is 24.3 Å². The fourth-order valence-electron chi connectivity index (χ4n) is 0.807. The van der Waals surface area contributed by atoms with Crippen molar-refractivity contribution in [3.63, 3.8) is 0 Å². The number of amidine groups is 1. The zero-order valence-corrected chi connectivity index (χ0v) is 6.09. The fraction of sp³-hybridized carbons (Fsp3) is 0.125. The first-order valence-electron chi connectivity index (χ1n) is 3.33. The maximum absolute atomic E-state index is 7.00. The van der Waals surface area contributed by atoms with Crippen molar-refractivity contribution in [1.82, 2.24) is 0 Å². The first-order chi connectivity index (χ1) is 5.24. The Hall–Kier alpha value is -1.35. The minimum absolute atomic E-state index is 0.159. The Kier molecular flexibility index (Phi) is 2.23. The third-order valence-corrected chi connectivity index (χ3v) is 1.48. The summed E-state index contributed by atoms with van der Waals surface area (Å²) >= 11 is 0. The third-order valence-electron chi connectivity index (χ3n) is 1.48. The van der Waals surface area contributed by atoms with E-state index in [0.717, 1.165) is 5.56 Å². The zero-order chi connectivity index (χ0) is 8.27. The van der Waals surface area contributed by atoms with E-state index in [0.29, 0.717) is 12.1 Å². The van der Waals surface area contributed by atoms with Crippen LogP contribution in [0.25, 0.3) is 5.73 Å². The molecule has 0 unspecified atom stereocenters. The Morgan fingerprint density at radius 3 is 2.27 bits per heavy atom. The van der Waals surface area contributed by atoms with E-state index in [1.165, 1.54) is 0 Å². The van der Waals surface area contributed by atoms with Gasteiger partial charge in [0.15, 0.2) is 0 Å². The molecule has 3 heteroatoms. The van der Waals surface area contributed by atoms with Crippen molar-refractivity contribution in [2.45, 2.75) is 6.54 Å². The lowest BCUT2D eigenvalue weighted by Gasteiger charge is -2.04. The molecule has 0 amide bonds. The summed E-state index contributed by atoms with van der Waals surface area (Å²) in [7, 11) is 0. The fourth-order valence-corrected chi connectivity index (χ4v) is 0.807. The van der Waals surface area contributed by atoms with Crippen LogP contribution in [0.2, 0.25) is 0 Å². The van der Waals surface area contributed by atoms with Gasteiger partial charge >= 0.3 is 0 Å². The van der Waals surface area contributed by atoms with Gasteiger partial charge < -0.3 is 16.9 Å². The molecule has 0 bridgehead atoms. The molecule has 3 nitrogen and oxygen atoms in total. The van der Waals surface area contributed by atoms with Gasteiger partial charge in [0, 0.05) is 6.54 Å². The molecule has 0 atom stereocenters. The number of rotatable bonds is 2. The molecule has 0 aliphatic heterocycles. The Labute approximate surface area is 65.5 Å². The van der Waals surface area contributed by atoms with E-state index in [1.54, 1.807) is 12.1 Å². The second-order valence-corrected chi connectivity index (χ2v) is 2.28. The van der Waals surface area contributed by atoms with E-state index in [1.807, 2.05) is 12.1 Å². The highest BCUT2D eigenvalue weighted by Gasteiger charge is 1.89. The van der Waals surface area contributed by atoms with Crippen LogP contribution < -0.4 is 5.73 Å². The first-order valence-corrected chi connectivity index (χ1v) is 3.33. The topological polar surface area (TPSA) is 73.7 Å². The second kappa shape index (κ2) is 3.16. The summed E-state index contributed by atoms with van der Waals surface area (Å²) in [5.74, 6) is -0.159. The highest BCUT2D eigenvalue weighted by Crippen LogP contribution is 2.04. The van der Waals surface area contributed by atoms with Gasteiger partial charge in [-0.05, 0) is 11.1 Å². The Morgan fingerprint density at radius 1 is 1.36 bits per heavy atom. The molecule has 4 N–H and O–H groups in total. The highest BCUT2D eigenvalue weighted by atomic mass is 14.7. The van der Waals surface area contributed by atoms with Gasteiger partial charge in [-0.25, -0.2) is 0 Å². The molecule has 1 aromatic rings. The SMILES string of the molecule is N=C([NH-])c1ccc(CN)cc1. The van der Waals surface area contributed by atoms with Gasteiger partial charge in [-0.3, -0.25) is 0 Å². The minimum atomic E-state index is -0.159. The maximum Gasteiger partial charge on any atom is 0.0178 e. The summed E-state index contributed by atoms with van der Waals surface area (Å²) in [6.45, 7) is 0.506. The average Bonchev–Trinajstić information content (AvgIpc) is 2.05.